The molecule has 0 fully saturated rings. The van der Waals surface area contributed by atoms with Crippen molar-refractivity contribution in [2.75, 3.05) is 12.4 Å². The number of methoxy groups -OCH3 is 1. The highest BCUT2D eigenvalue weighted by Crippen LogP contribution is 2.29. The van der Waals surface area contributed by atoms with Gasteiger partial charge in [-0.3, -0.25) is 0 Å². The minimum Gasteiger partial charge on any atom is -0.467 e. The van der Waals surface area contributed by atoms with Crippen molar-refractivity contribution in [3.8, 4) is 17.5 Å². The molecule has 2 heterocycles. The van der Waals surface area contributed by atoms with E-state index in [4.69, 9.17) is 37.6 Å². The predicted octanol–water partition coefficient (Wildman–Crippen LogP) is 4.31. The number of carbonyl (C=O) groups excluding carboxylic acids is 1. The number of benzene rings is 1. The van der Waals surface area contributed by atoms with Crippen molar-refractivity contribution in [2.24, 2.45) is 0 Å². The van der Waals surface area contributed by atoms with E-state index in [1.807, 2.05) is 6.07 Å². The van der Waals surface area contributed by atoms with Gasteiger partial charge in [0.15, 0.2) is 11.5 Å². The summed E-state index contributed by atoms with van der Waals surface area (Å²) in [5.41, 5.74) is 0.663. The Labute approximate surface area is 164 Å². The van der Waals surface area contributed by atoms with Gasteiger partial charge in [0, 0.05) is 5.56 Å². The third-order valence-electron chi connectivity index (χ3n) is 3.59. The lowest BCUT2D eigenvalue weighted by molar-refractivity contribution is 0.0594. The fourth-order valence-corrected chi connectivity index (χ4v) is 2.65. The van der Waals surface area contributed by atoms with E-state index in [2.05, 4.69) is 15.3 Å². The van der Waals surface area contributed by atoms with Crippen molar-refractivity contribution in [3.05, 3.63) is 63.7 Å². The molecule has 0 aliphatic rings. The Kier molecular flexibility index (Phi) is 5.60. The Hall–Kier alpha value is -3.08. The molecule has 0 aliphatic heterocycles. The van der Waals surface area contributed by atoms with Crippen LogP contribution < -0.4 is 5.32 Å². The minimum absolute atomic E-state index is 0.0200. The summed E-state index contributed by atoms with van der Waals surface area (Å²) < 4.78 is 10.0. The summed E-state index contributed by atoms with van der Waals surface area (Å²) in [4.78, 5) is 20.6. The van der Waals surface area contributed by atoms with Gasteiger partial charge >= 0.3 is 5.97 Å². The molecule has 0 bridgehead atoms. The zero-order valence-electron chi connectivity index (χ0n) is 14.0. The Morgan fingerprint density at radius 2 is 2.15 bits per heavy atom. The molecule has 0 saturated carbocycles. The zero-order chi connectivity index (χ0) is 19.4. The van der Waals surface area contributed by atoms with E-state index in [9.17, 15) is 4.79 Å². The van der Waals surface area contributed by atoms with Crippen LogP contribution in [0, 0.1) is 11.3 Å². The SMILES string of the molecule is COC(=O)c1nc(-c2ccc(Cl)c(C#N)c2)nc(NCc2ccco2)c1Cl. The maximum Gasteiger partial charge on any atom is 0.358 e. The molecule has 0 aliphatic carbocycles. The summed E-state index contributed by atoms with van der Waals surface area (Å²) in [6.45, 7) is 0.299. The van der Waals surface area contributed by atoms with E-state index in [0.717, 1.165) is 0 Å². The average molecular weight is 403 g/mol. The number of nitrogens with zero attached hydrogens (tertiary/aromatic N) is 3. The highest BCUT2D eigenvalue weighted by molar-refractivity contribution is 6.35. The first-order valence-electron chi connectivity index (χ1n) is 7.65. The monoisotopic (exact) mass is 402 g/mol. The normalized spacial score (nSPS) is 10.3. The van der Waals surface area contributed by atoms with E-state index >= 15 is 0 Å². The molecular formula is C18H12Cl2N4O3. The van der Waals surface area contributed by atoms with Crippen molar-refractivity contribution < 1.29 is 13.9 Å². The van der Waals surface area contributed by atoms with Gasteiger partial charge in [-0.15, -0.1) is 0 Å². The van der Waals surface area contributed by atoms with E-state index < -0.39 is 5.97 Å². The topological polar surface area (TPSA) is 101 Å². The highest BCUT2D eigenvalue weighted by Gasteiger charge is 2.20. The van der Waals surface area contributed by atoms with Crippen molar-refractivity contribution in [1.29, 1.82) is 5.26 Å². The zero-order valence-corrected chi connectivity index (χ0v) is 15.5. The first-order chi connectivity index (χ1) is 13.0. The van der Waals surface area contributed by atoms with Gasteiger partial charge < -0.3 is 14.5 Å². The summed E-state index contributed by atoms with van der Waals surface area (Å²) in [5, 5.41) is 12.5. The van der Waals surface area contributed by atoms with E-state index in [-0.39, 0.29) is 27.9 Å². The van der Waals surface area contributed by atoms with Gasteiger partial charge in [-0.1, -0.05) is 23.2 Å². The average Bonchev–Trinajstić information content (AvgIpc) is 3.20. The number of rotatable bonds is 5. The quantitative estimate of drug-likeness (QED) is 0.634. The number of furan rings is 1. The van der Waals surface area contributed by atoms with Gasteiger partial charge in [0.25, 0.3) is 0 Å². The van der Waals surface area contributed by atoms with Crippen LogP contribution in [0.15, 0.2) is 41.0 Å². The third-order valence-corrected chi connectivity index (χ3v) is 4.27. The third kappa shape index (κ3) is 4.03. The molecule has 0 unspecified atom stereocenters. The Bertz CT molecular complexity index is 1030. The van der Waals surface area contributed by atoms with E-state index in [1.165, 1.54) is 13.2 Å². The second kappa shape index (κ2) is 8.08. The highest BCUT2D eigenvalue weighted by atomic mass is 35.5. The molecular weight excluding hydrogens is 391 g/mol. The summed E-state index contributed by atoms with van der Waals surface area (Å²) >= 11 is 12.2. The molecule has 3 aromatic rings. The van der Waals surface area contributed by atoms with Crippen molar-refractivity contribution in [3.63, 3.8) is 0 Å². The van der Waals surface area contributed by atoms with Crippen molar-refractivity contribution in [1.82, 2.24) is 9.97 Å². The number of ether oxygens (including phenoxy) is 1. The van der Waals surface area contributed by atoms with E-state index in [1.54, 1.807) is 30.5 Å². The molecule has 2 aromatic heterocycles. The van der Waals surface area contributed by atoms with Gasteiger partial charge in [0.1, 0.15) is 22.7 Å². The number of aromatic nitrogens is 2. The Balaban J connectivity index is 2.06. The smallest absolute Gasteiger partial charge is 0.358 e. The van der Waals surface area contributed by atoms with Crippen LogP contribution in [0.25, 0.3) is 11.4 Å². The lowest BCUT2D eigenvalue weighted by atomic mass is 10.1. The number of esters is 1. The van der Waals surface area contributed by atoms with Crippen LogP contribution in [-0.2, 0) is 11.3 Å². The molecule has 0 saturated heterocycles. The van der Waals surface area contributed by atoms with Crippen molar-refractivity contribution >= 4 is 35.0 Å². The minimum atomic E-state index is -0.709. The van der Waals surface area contributed by atoms with Gasteiger partial charge in [-0.05, 0) is 30.3 Å². The van der Waals surface area contributed by atoms with Crippen molar-refractivity contribution in [2.45, 2.75) is 6.54 Å². The van der Waals surface area contributed by atoms with Gasteiger partial charge in [0.2, 0.25) is 0 Å². The number of hydrogen-bond donors (Lipinski definition) is 1. The second-order valence-corrected chi connectivity index (χ2v) is 6.07. The van der Waals surface area contributed by atoms with Crippen LogP contribution in [0.1, 0.15) is 21.8 Å². The standard InChI is InChI=1S/C18H12Cl2N4O3/c1-26-18(25)15-14(20)17(22-9-12-3-2-6-27-12)24-16(23-15)10-4-5-13(19)11(7-10)8-21/h2-7H,9H2,1H3,(H,22,23,24). The number of carbonyl (C=O) groups is 1. The number of halogens is 2. The van der Waals surface area contributed by atoms with E-state index in [0.29, 0.717) is 22.9 Å². The Morgan fingerprint density at radius 3 is 2.81 bits per heavy atom. The first kappa shape index (κ1) is 18.7. The summed E-state index contributed by atoms with van der Waals surface area (Å²) in [5.74, 6) is 0.366. The molecule has 7 nitrogen and oxygen atoms in total. The van der Waals surface area contributed by atoms with Gasteiger partial charge in [-0.2, -0.15) is 5.26 Å². The number of nitriles is 1. The fraction of sp³-hybridized carbons (Fsp3) is 0.111. The number of anilines is 1. The lowest BCUT2D eigenvalue weighted by Gasteiger charge is -2.12. The maximum atomic E-state index is 12.1. The first-order valence-corrected chi connectivity index (χ1v) is 8.41. The summed E-state index contributed by atoms with van der Waals surface area (Å²) in [7, 11) is 1.23. The maximum absolute atomic E-state index is 12.1. The van der Waals surface area contributed by atoms with Gasteiger partial charge in [-0.25, -0.2) is 14.8 Å². The fourth-order valence-electron chi connectivity index (χ4n) is 2.26. The van der Waals surface area contributed by atoms with Crippen LogP contribution in [0.2, 0.25) is 10.0 Å². The molecule has 3 rings (SSSR count). The molecule has 136 valence electrons. The molecule has 0 spiro atoms. The van der Waals surface area contributed by atoms with Crippen LogP contribution in [0.5, 0.6) is 0 Å². The largest absolute Gasteiger partial charge is 0.467 e. The lowest BCUT2D eigenvalue weighted by Crippen LogP contribution is -2.11. The van der Waals surface area contributed by atoms with Crippen LogP contribution in [0.3, 0.4) is 0 Å². The Morgan fingerprint density at radius 1 is 1.33 bits per heavy atom. The molecule has 0 radical (unpaired) electrons. The van der Waals surface area contributed by atoms with Crippen LogP contribution in [0.4, 0.5) is 5.82 Å². The summed E-state index contributed by atoms with van der Waals surface area (Å²) in [6.07, 6.45) is 1.54. The second-order valence-electron chi connectivity index (χ2n) is 5.29. The molecule has 0 atom stereocenters. The number of nitrogens with one attached hydrogen (secondary N) is 1. The molecule has 9 heteroatoms. The molecule has 1 N–H and O–H groups in total. The van der Waals surface area contributed by atoms with Gasteiger partial charge in [0.05, 0.1) is 30.5 Å². The van der Waals surface area contributed by atoms with Crippen LogP contribution >= 0.6 is 23.2 Å². The summed E-state index contributed by atoms with van der Waals surface area (Å²) in [6, 6.07) is 10.3. The van der Waals surface area contributed by atoms with Crippen LogP contribution in [-0.4, -0.2) is 23.0 Å². The number of hydrogen-bond acceptors (Lipinski definition) is 7. The molecule has 1 aromatic carbocycles. The predicted molar refractivity (Wildman–Crippen MR) is 99.6 cm³/mol. The molecule has 27 heavy (non-hydrogen) atoms. The molecule has 0 amide bonds.